The van der Waals surface area contributed by atoms with Crippen molar-refractivity contribution in [2.45, 2.75) is 52.1 Å². The Hall–Kier alpha value is -1.71. The molecule has 1 heterocycles. The Morgan fingerprint density at radius 3 is 2.85 bits per heavy atom. The molecule has 0 fully saturated rings. The Morgan fingerprint density at radius 1 is 1.45 bits per heavy atom. The van der Waals surface area contributed by atoms with Crippen molar-refractivity contribution in [3.63, 3.8) is 0 Å². The number of esters is 1. The third kappa shape index (κ3) is 3.44. The van der Waals surface area contributed by atoms with Gasteiger partial charge < -0.3 is 9.57 Å². The predicted molar refractivity (Wildman–Crippen MR) is 78.4 cm³/mol. The third-order valence-corrected chi connectivity index (χ3v) is 3.15. The second kappa shape index (κ2) is 5.73. The van der Waals surface area contributed by atoms with Crippen molar-refractivity contribution < 1.29 is 14.4 Å². The number of allylic oxidation sites excluding steroid dienone is 1. The van der Waals surface area contributed by atoms with Crippen molar-refractivity contribution in [1.82, 2.24) is 4.73 Å². The molecule has 4 heteroatoms. The van der Waals surface area contributed by atoms with Crippen LogP contribution in [-0.2, 0) is 9.53 Å². The first-order valence-corrected chi connectivity index (χ1v) is 7.13. The summed E-state index contributed by atoms with van der Waals surface area (Å²) in [6.45, 7) is 8.31. The Balaban J connectivity index is 2.17. The van der Waals surface area contributed by atoms with Crippen molar-refractivity contribution >= 4 is 12.0 Å². The Labute approximate surface area is 120 Å². The number of ether oxygens (including phenoxy) is 1. The zero-order valence-corrected chi connectivity index (χ0v) is 12.7. The molecule has 0 saturated heterocycles. The highest BCUT2D eigenvalue weighted by Crippen LogP contribution is 2.33. The molecule has 2 rings (SSSR count). The SMILES string of the molecule is CCOC(=O)CC1CC=Cc2c1ccn2OC(C)(C)C. The molecule has 0 N–H and O–H groups in total. The van der Waals surface area contributed by atoms with E-state index in [-0.39, 0.29) is 17.5 Å². The molecular formula is C16H23NO3. The van der Waals surface area contributed by atoms with Gasteiger partial charge in [-0.3, -0.25) is 4.79 Å². The number of hydrogen-bond donors (Lipinski definition) is 0. The number of nitrogens with zero attached hydrogens (tertiary/aromatic N) is 1. The summed E-state index contributed by atoms with van der Waals surface area (Å²) >= 11 is 0. The van der Waals surface area contributed by atoms with Gasteiger partial charge in [-0.2, -0.15) is 4.73 Å². The molecule has 0 bridgehead atoms. The number of carbonyl (C=O) groups is 1. The minimum absolute atomic E-state index is 0.136. The maximum atomic E-state index is 11.7. The van der Waals surface area contributed by atoms with E-state index in [0.717, 1.165) is 17.7 Å². The smallest absolute Gasteiger partial charge is 0.306 e. The molecule has 4 nitrogen and oxygen atoms in total. The fourth-order valence-corrected chi connectivity index (χ4v) is 2.42. The summed E-state index contributed by atoms with van der Waals surface area (Å²) in [5.41, 5.74) is 1.93. The predicted octanol–water partition coefficient (Wildman–Crippen LogP) is 3.17. The molecule has 1 aliphatic rings. The lowest BCUT2D eigenvalue weighted by molar-refractivity contribution is -0.143. The van der Waals surface area contributed by atoms with Crippen LogP contribution in [0, 0.1) is 0 Å². The Morgan fingerprint density at radius 2 is 2.20 bits per heavy atom. The first-order valence-electron chi connectivity index (χ1n) is 7.13. The summed E-state index contributed by atoms with van der Waals surface area (Å²) in [6, 6.07) is 2.04. The molecule has 0 amide bonds. The number of hydrogen-bond acceptors (Lipinski definition) is 3. The van der Waals surface area contributed by atoms with E-state index in [2.05, 4.69) is 12.2 Å². The number of rotatable bonds is 4. The van der Waals surface area contributed by atoms with Gasteiger partial charge in [0.1, 0.15) is 5.60 Å². The minimum atomic E-state index is -0.255. The van der Waals surface area contributed by atoms with Crippen molar-refractivity contribution in [2.75, 3.05) is 6.61 Å². The van der Waals surface area contributed by atoms with Crippen molar-refractivity contribution in [3.8, 4) is 0 Å². The average molecular weight is 277 g/mol. The molecule has 1 unspecified atom stereocenters. The van der Waals surface area contributed by atoms with Crippen molar-refractivity contribution in [1.29, 1.82) is 0 Å². The minimum Gasteiger partial charge on any atom is -0.466 e. The maximum Gasteiger partial charge on any atom is 0.306 e. The van der Waals surface area contributed by atoms with Crippen LogP contribution in [0.3, 0.4) is 0 Å². The van der Waals surface area contributed by atoms with Gasteiger partial charge in [-0.25, -0.2) is 0 Å². The van der Waals surface area contributed by atoms with Crippen molar-refractivity contribution in [3.05, 3.63) is 29.6 Å². The highest BCUT2D eigenvalue weighted by Gasteiger charge is 2.25. The van der Waals surface area contributed by atoms with Crippen LogP contribution in [0.5, 0.6) is 0 Å². The molecule has 0 aromatic carbocycles. The van der Waals surface area contributed by atoms with Gasteiger partial charge in [0.25, 0.3) is 0 Å². The second-order valence-electron chi connectivity index (χ2n) is 6.03. The van der Waals surface area contributed by atoms with Gasteiger partial charge in [0.15, 0.2) is 0 Å². The van der Waals surface area contributed by atoms with E-state index in [1.807, 2.05) is 40.0 Å². The molecule has 20 heavy (non-hydrogen) atoms. The van der Waals surface area contributed by atoms with Crippen LogP contribution in [0.25, 0.3) is 6.08 Å². The summed E-state index contributed by atoms with van der Waals surface area (Å²) in [4.78, 5) is 17.6. The number of carbonyl (C=O) groups excluding carboxylic acids is 1. The highest BCUT2D eigenvalue weighted by atomic mass is 16.7. The van der Waals surface area contributed by atoms with Gasteiger partial charge in [0.05, 0.1) is 18.7 Å². The fraction of sp³-hybridized carbons (Fsp3) is 0.562. The van der Waals surface area contributed by atoms with Crippen LogP contribution in [0.1, 0.15) is 57.7 Å². The Kier molecular flexibility index (Phi) is 4.21. The summed E-state index contributed by atoms with van der Waals surface area (Å²) in [6.07, 6.45) is 7.36. The van der Waals surface area contributed by atoms with Gasteiger partial charge in [-0.05, 0) is 51.8 Å². The molecule has 0 saturated carbocycles. The molecule has 1 aromatic heterocycles. The zero-order valence-electron chi connectivity index (χ0n) is 12.7. The van der Waals surface area contributed by atoms with Crippen LogP contribution < -0.4 is 4.84 Å². The van der Waals surface area contributed by atoms with Crippen LogP contribution in [0.4, 0.5) is 0 Å². The summed E-state index contributed by atoms with van der Waals surface area (Å²) in [5, 5.41) is 0. The summed E-state index contributed by atoms with van der Waals surface area (Å²) in [7, 11) is 0. The third-order valence-electron chi connectivity index (χ3n) is 3.15. The largest absolute Gasteiger partial charge is 0.466 e. The standard InChI is InChI=1S/C16H23NO3/c1-5-19-15(18)11-12-7-6-8-14-13(12)9-10-17(14)20-16(2,3)4/h6,8-10,12H,5,7,11H2,1-4H3. The lowest BCUT2D eigenvalue weighted by Crippen LogP contribution is -2.31. The van der Waals surface area contributed by atoms with E-state index >= 15 is 0 Å². The molecule has 0 spiro atoms. The average Bonchev–Trinajstić information content (AvgIpc) is 2.72. The molecule has 110 valence electrons. The zero-order chi connectivity index (χ0) is 14.8. The summed E-state index contributed by atoms with van der Waals surface area (Å²) < 4.78 is 6.84. The van der Waals surface area contributed by atoms with E-state index < -0.39 is 0 Å². The van der Waals surface area contributed by atoms with Crippen LogP contribution in [0.15, 0.2) is 18.3 Å². The van der Waals surface area contributed by atoms with E-state index in [0.29, 0.717) is 13.0 Å². The molecule has 1 atom stereocenters. The normalized spacial score (nSPS) is 17.7. The molecule has 1 aliphatic carbocycles. The fourth-order valence-electron chi connectivity index (χ4n) is 2.42. The van der Waals surface area contributed by atoms with Crippen molar-refractivity contribution in [2.24, 2.45) is 0 Å². The summed E-state index contributed by atoms with van der Waals surface area (Å²) in [5.74, 6) is 0.0436. The highest BCUT2D eigenvalue weighted by molar-refractivity contribution is 5.71. The molecule has 0 radical (unpaired) electrons. The van der Waals surface area contributed by atoms with Gasteiger partial charge in [0, 0.05) is 12.1 Å². The van der Waals surface area contributed by atoms with Crippen LogP contribution in [-0.4, -0.2) is 22.9 Å². The lowest BCUT2D eigenvalue weighted by Gasteiger charge is -2.24. The van der Waals surface area contributed by atoms with Gasteiger partial charge in [0.2, 0.25) is 0 Å². The van der Waals surface area contributed by atoms with Gasteiger partial charge in [-0.1, -0.05) is 6.08 Å². The van der Waals surface area contributed by atoms with E-state index in [9.17, 15) is 4.79 Å². The number of fused-ring (bicyclic) bond motifs is 1. The molecular weight excluding hydrogens is 254 g/mol. The molecule has 1 aromatic rings. The van der Waals surface area contributed by atoms with Gasteiger partial charge in [-0.15, -0.1) is 0 Å². The second-order valence-corrected chi connectivity index (χ2v) is 6.03. The quantitative estimate of drug-likeness (QED) is 0.794. The lowest BCUT2D eigenvalue weighted by atomic mass is 9.89. The van der Waals surface area contributed by atoms with E-state index in [1.54, 1.807) is 4.73 Å². The first-order chi connectivity index (χ1) is 9.40. The topological polar surface area (TPSA) is 40.5 Å². The Bertz CT molecular complexity index is 508. The van der Waals surface area contributed by atoms with Crippen LogP contribution in [0.2, 0.25) is 0 Å². The van der Waals surface area contributed by atoms with E-state index in [4.69, 9.17) is 9.57 Å². The van der Waals surface area contributed by atoms with Gasteiger partial charge >= 0.3 is 5.97 Å². The monoisotopic (exact) mass is 277 g/mol. The maximum absolute atomic E-state index is 11.7. The number of aromatic nitrogens is 1. The van der Waals surface area contributed by atoms with Crippen LogP contribution >= 0.6 is 0 Å². The first kappa shape index (κ1) is 14.7. The molecule has 0 aliphatic heterocycles. The van der Waals surface area contributed by atoms with E-state index in [1.165, 1.54) is 0 Å².